The molecule has 0 aliphatic carbocycles. The third kappa shape index (κ3) is 4.09. The number of alkyl halides is 3. The van der Waals surface area contributed by atoms with Crippen molar-refractivity contribution in [1.82, 2.24) is 0 Å². The molecule has 0 unspecified atom stereocenters. The average Bonchev–Trinajstić information content (AvgIpc) is 3.40. The van der Waals surface area contributed by atoms with Crippen LogP contribution in [0.2, 0.25) is 0 Å². The monoisotopic (exact) mass is 409 g/mol. The van der Waals surface area contributed by atoms with Gasteiger partial charge in [0, 0.05) is 12.1 Å². The molecule has 0 N–H and O–H groups in total. The van der Waals surface area contributed by atoms with Crippen LogP contribution in [0.15, 0.2) is 60.7 Å². The minimum absolute atomic E-state index is 0.358. The Bertz CT molecular complexity index is 1040. The maximum atomic E-state index is 14.1. The molecule has 30 heavy (non-hydrogen) atoms. The number of benzene rings is 3. The average molecular weight is 409 g/mol. The smallest absolute Gasteiger partial charge is 0.333 e. The molecule has 1 nitrogen and oxygen atoms in total. The zero-order chi connectivity index (χ0) is 21.3. The Balaban J connectivity index is 1.81. The lowest BCUT2D eigenvalue weighted by Crippen LogP contribution is -2.10. The molecule has 0 radical (unpaired) electrons. The number of nitrogens with zero attached hydrogens (tertiary/aromatic N) is 1. The highest BCUT2D eigenvalue weighted by Crippen LogP contribution is 2.61. The molecular formula is C26H26F3N. The Hall–Kier alpha value is -2.75. The number of fused-ring (bicyclic) bond motifs is 1. The lowest BCUT2D eigenvalue weighted by molar-refractivity contribution is -0.137. The number of rotatable bonds is 7. The van der Waals surface area contributed by atoms with E-state index in [4.69, 9.17) is 0 Å². The Morgan fingerprint density at radius 3 is 2.30 bits per heavy atom. The van der Waals surface area contributed by atoms with Crippen molar-refractivity contribution < 1.29 is 13.2 Å². The van der Waals surface area contributed by atoms with Gasteiger partial charge < -0.3 is 4.90 Å². The van der Waals surface area contributed by atoms with Gasteiger partial charge in [0.1, 0.15) is 0 Å². The van der Waals surface area contributed by atoms with Gasteiger partial charge in [-0.2, -0.15) is 13.2 Å². The maximum Gasteiger partial charge on any atom is 0.418 e. The Labute approximate surface area is 176 Å². The fraction of sp³-hybridized carbons (Fsp3) is 0.308. The van der Waals surface area contributed by atoms with E-state index in [1.54, 1.807) is 6.07 Å². The van der Waals surface area contributed by atoms with E-state index in [1.165, 1.54) is 0 Å². The van der Waals surface area contributed by atoms with Crippen molar-refractivity contribution in [1.29, 1.82) is 0 Å². The fourth-order valence-electron chi connectivity index (χ4n) is 4.26. The molecule has 0 fully saturated rings. The molecule has 0 amide bonds. The van der Waals surface area contributed by atoms with Crippen molar-refractivity contribution in [2.45, 2.75) is 52.3 Å². The molecule has 4 heteroatoms. The second kappa shape index (κ2) is 8.17. The van der Waals surface area contributed by atoms with Crippen molar-refractivity contribution >= 4 is 11.4 Å². The summed E-state index contributed by atoms with van der Waals surface area (Å²) in [5.41, 5.74) is 5.04. The van der Waals surface area contributed by atoms with Crippen LogP contribution in [0.4, 0.5) is 24.5 Å². The molecule has 0 bridgehead atoms. The molecular weight excluding hydrogens is 383 g/mol. The van der Waals surface area contributed by atoms with Crippen LogP contribution in [0.3, 0.4) is 0 Å². The number of halogens is 3. The van der Waals surface area contributed by atoms with Gasteiger partial charge in [-0.05, 0) is 42.5 Å². The summed E-state index contributed by atoms with van der Waals surface area (Å²) in [5.74, 6) is 0. The lowest BCUT2D eigenvalue weighted by Gasteiger charge is -2.13. The Kier molecular flexibility index (Phi) is 5.59. The molecule has 0 atom stereocenters. The predicted molar refractivity (Wildman–Crippen MR) is 117 cm³/mol. The van der Waals surface area contributed by atoms with E-state index in [2.05, 4.69) is 6.92 Å². The van der Waals surface area contributed by atoms with Gasteiger partial charge in [-0.25, -0.2) is 0 Å². The van der Waals surface area contributed by atoms with Crippen LogP contribution in [0, 0.1) is 6.92 Å². The largest absolute Gasteiger partial charge is 0.418 e. The summed E-state index contributed by atoms with van der Waals surface area (Å²) in [6.07, 6.45) is -1.22. The summed E-state index contributed by atoms with van der Waals surface area (Å²) in [6.45, 7) is 4.52. The second-order valence-corrected chi connectivity index (χ2v) is 8.05. The molecule has 0 aromatic heterocycles. The van der Waals surface area contributed by atoms with E-state index in [1.807, 2.05) is 66.4 Å². The number of aryl methyl sites for hydroxylation is 2. The van der Waals surface area contributed by atoms with E-state index in [0.717, 1.165) is 41.5 Å². The van der Waals surface area contributed by atoms with Crippen LogP contribution in [0.1, 0.15) is 48.4 Å². The first-order valence-corrected chi connectivity index (χ1v) is 10.6. The number of hydrogen-bond donors (Lipinski definition) is 0. The lowest BCUT2D eigenvalue weighted by atomic mass is 9.95. The van der Waals surface area contributed by atoms with E-state index in [-0.39, 0.29) is 0 Å². The zero-order valence-corrected chi connectivity index (χ0v) is 17.4. The second-order valence-electron chi connectivity index (χ2n) is 8.05. The normalized spacial score (nSPS) is 12.8. The van der Waals surface area contributed by atoms with Gasteiger partial charge in [0.25, 0.3) is 0 Å². The highest BCUT2D eigenvalue weighted by atomic mass is 19.4. The first kappa shape index (κ1) is 20.5. The van der Waals surface area contributed by atoms with Crippen molar-refractivity contribution in [2.75, 3.05) is 4.90 Å². The third-order valence-corrected chi connectivity index (χ3v) is 5.69. The molecule has 1 aliphatic rings. The van der Waals surface area contributed by atoms with Gasteiger partial charge in [-0.1, -0.05) is 79.9 Å². The highest BCUT2D eigenvalue weighted by molar-refractivity contribution is 6.06. The minimum Gasteiger partial charge on any atom is -0.333 e. The molecule has 1 heterocycles. The van der Waals surface area contributed by atoms with E-state index < -0.39 is 11.7 Å². The van der Waals surface area contributed by atoms with E-state index in [0.29, 0.717) is 29.9 Å². The summed E-state index contributed by atoms with van der Waals surface area (Å²) in [4.78, 5) is 1.84. The van der Waals surface area contributed by atoms with E-state index >= 15 is 0 Å². The van der Waals surface area contributed by atoms with Crippen LogP contribution in [0.25, 0.3) is 11.1 Å². The maximum absolute atomic E-state index is 14.1. The van der Waals surface area contributed by atoms with Crippen molar-refractivity contribution in [3.05, 3.63) is 82.9 Å². The van der Waals surface area contributed by atoms with E-state index in [9.17, 15) is 13.2 Å². The number of unbranched alkanes of at least 4 members (excludes halogenated alkanes) is 2. The van der Waals surface area contributed by atoms with Gasteiger partial charge in [0.05, 0.1) is 16.9 Å². The van der Waals surface area contributed by atoms with Crippen LogP contribution in [-0.4, -0.2) is 0 Å². The quantitative estimate of drug-likeness (QED) is 0.282. The summed E-state index contributed by atoms with van der Waals surface area (Å²) in [5, 5.41) is 0. The summed E-state index contributed by atoms with van der Waals surface area (Å²) < 4.78 is 42.4. The highest BCUT2D eigenvalue weighted by Gasteiger charge is 2.47. The molecule has 0 saturated heterocycles. The van der Waals surface area contributed by atoms with Crippen molar-refractivity contribution in [2.24, 2.45) is 0 Å². The first-order chi connectivity index (χ1) is 14.4. The van der Waals surface area contributed by atoms with Crippen LogP contribution in [-0.2, 0) is 19.1 Å². The molecule has 1 aliphatic heterocycles. The Morgan fingerprint density at radius 2 is 1.63 bits per heavy atom. The fourth-order valence-corrected chi connectivity index (χ4v) is 4.26. The number of anilines is 2. The van der Waals surface area contributed by atoms with Gasteiger partial charge in [0.2, 0.25) is 0 Å². The SMILES string of the molecule is CCCCCc1cc(-c2ccccc2)c2c(c1C(F)(F)F)N2Cc1cccc(C)c1. The van der Waals surface area contributed by atoms with Crippen LogP contribution < -0.4 is 4.90 Å². The standard InChI is InChI=1S/C26H26F3N/c1-3-4-6-14-21-16-22(20-12-7-5-8-13-20)24-25(23(21)26(27,28)29)30(24)17-19-11-9-10-18(2)15-19/h5,7-13,15-16H,3-4,6,14,17H2,1-2H3. The first-order valence-electron chi connectivity index (χ1n) is 10.6. The summed E-state index contributed by atoms with van der Waals surface area (Å²) >= 11 is 0. The topological polar surface area (TPSA) is 3.01 Å². The molecule has 3 aromatic carbocycles. The Morgan fingerprint density at radius 1 is 0.867 bits per heavy atom. The van der Waals surface area contributed by atoms with Gasteiger partial charge in [-0.15, -0.1) is 0 Å². The third-order valence-electron chi connectivity index (χ3n) is 5.69. The molecule has 0 saturated carbocycles. The number of hydrogen-bond acceptors (Lipinski definition) is 1. The predicted octanol–water partition coefficient (Wildman–Crippen LogP) is 8.07. The van der Waals surface area contributed by atoms with Crippen molar-refractivity contribution in [3.8, 4) is 11.1 Å². The van der Waals surface area contributed by atoms with Gasteiger partial charge >= 0.3 is 6.18 Å². The van der Waals surface area contributed by atoms with Gasteiger partial charge in [-0.3, -0.25) is 0 Å². The molecule has 4 rings (SSSR count). The molecule has 3 aromatic rings. The zero-order valence-electron chi connectivity index (χ0n) is 17.4. The minimum atomic E-state index is -4.36. The van der Waals surface area contributed by atoms with Crippen molar-refractivity contribution in [3.63, 3.8) is 0 Å². The summed E-state index contributed by atoms with van der Waals surface area (Å²) in [7, 11) is 0. The van der Waals surface area contributed by atoms with Crippen LogP contribution >= 0.6 is 0 Å². The molecule has 0 spiro atoms. The molecule has 156 valence electrons. The van der Waals surface area contributed by atoms with Gasteiger partial charge in [0.15, 0.2) is 0 Å². The van der Waals surface area contributed by atoms with Crippen LogP contribution in [0.5, 0.6) is 0 Å². The summed E-state index contributed by atoms with van der Waals surface area (Å²) in [6, 6.07) is 19.5.